The monoisotopic (exact) mass is 614 g/mol. The highest BCUT2D eigenvalue weighted by Crippen LogP contribution is 2.37. The van der Waals surface area contributed by atoms with Crippen molar-refractivity contribution >= 4 is 17.8 Å². The number of amides is 2. The summed E-state index contributed by atoms with van der Waals surface area (Å²) in [4.78, 5) is 45.7. The zero-order chi connectivity index (χ0) is 32.6. The van der Waals surface area contributed by atoms with Crippen molar-refractivity contribution < 1.29 is 19.1 Å². The second-order valence-electron chi connectivity index (χ2n) is 12.0. The Balaban J connectivity index is 1.51. The van der Waals surface area contributed by atoms with Gasteiger partial charge in [0.2, 0.25) is 11.7 Å². The van der Waals surface area contributed by atoms with E-state index in [1.807, 2.05) is 121 Å². The fraction of sp³-hybridized carbons (Fsp3) is 0.211. The molecule has 2 amide bonds. The van der Waals surface area contributed by atoms with E-state index in [2.05, 4.69) is 15.6 Å². The number of ether oxygens (including phenoxy) is 1. The number of imidazole rings is 1. The van der Waals surface area contributed by atoms with Crippen LogP contribution < -0.4 is 10.6 Å². The highest BCUT2D eigenvalue weighted by Gasteiger charge is 2.39. The van der Waals surface area contributed by atoms with Gasteiger partial charge in [-0.3, -0.25) is 9.59 Å². The first-order valence-electron chi connectivity index (χ1n) is 15.2. The minimum absolute atomic E-state index is 0.123. The number of Topliss-reactive ketones (excluding diaryl/α,β-unsaturated/α-hetero) is 1. The fourth-order valence-corrected chi connectivity index (χ4v) is 5.48. The first kappa shape index (κ1) is 31.9. The van der Waals surface area contributed by atoms with Crippen LogP contribution in [0.1, 0.15) is 60.1 Å². The van der Waals surface area contributed by atoms with E-state index in [4.69, 9.17) is 4.74 Å². The van der Waals surface area contributed by atoms with Crippen molar-refractivity contribution in [3.05, 3.63) is 162 Å². The van der Waals surface area contributed by atoms with Crippen LogP contribution in [-0.4, -0.2) is 39.0 Å². The molecule has 0 unspecified atom stereocenters. The fourth-order valence-electron chi connectivity index (χ4n) is 5.48. The maximum absolute atomic E-state index is 14.2. The molecule has 46 heavy (non-hydrogen) atoms. The van der Waals surface area contributed by atoms with Gasteiger partial charge in [-0.2, -0.15) is 0 Å². The average Bonchev–Trinajstić information content (AvgIpc) is 3.52. The summed E-state index contributed by atoms with van der Waals surface area (Å²) in [6.45, 7) is 5.59. The van der Waals surface area contributed by atoms with Gasteiger partial charge in [0.1, 0.15) is 17.2 Å². The maximum Gasteiger partial charge on any atom is 0.408 e. The minimum atomic E-state index is -1.26. The molecule has 0 spiro atoms. The van der Waals surface area contributed by atoms with Gasteiger partial charge in [-0.15, -0.1) is 0 Å². The number of rotatable bonds is 11. The molecule has 0 fully saturated rings. The summed E-state index contributed by atoms with van der Waals surface area (Å²) in [6, 6.07) is 37.5. The Morgan fingerprint density at radius 2 is 1.22 bits per heavy atom. The molecule has 8 heteroatoms. The highest BCUT2D eigenvalue weighted by molar-refractivity contribution is 6.01. The van der Waals surface area contributed by atoms with E-state index in [1.165, 1.54) is 6.20 Å². The van der Waals surface area contributed by atoms with E-state index in [1.54, 1.807) is 31.5 Å². The van der Waals surface area contributed by atoms with Crippen LogP contribution in [0.4, 0.5) is 4.79 Å². The molecule has 1 atom stereocenters. The van der Waals surface area contributed by atoms with Crippen LogP contribution in [-0.2, 0) is 21.6 Å². The van der Waals surface area contributed by atoms with Gasteiger partial charge >= 0.3 is 6.09 Å². The SMILES string of the molecule is CC(C)(C)OC(=O)N[C@H](CC(=O)NC(c1ccccc1)(c1ccccc1)c1ccccc1)C(=O)c1nccn1Cc1ccccc1. The molecule has 0 aliphatic heterocycles. The Morgan fingerprint density at radius 1 is 0.739 bits per heavy atom. The molecule has 1 heterocycles. The number of nitrogens with zero attached hydrogens (tertiary/aromatic N) is 2. The lowest BCUT2D eigenvalue weighted by Crippen LogP contribution is -2.51. The van der Waals surface area contributed by atoms with Crippen LogP contribution in [0.25, 0.3) is 0 Å². The molecule has 0 radical (unpaired) electrons. The lowest BCUT2D eigenvalue weighted by molar-refractivity contribution is -0.122. The van der Waals surface area contributed by atoms with Gasteiger partial charge in [0.05, 0.1) is 6.42 Å². The minimum Gasteiger partial charge on any atom is -0.444 e. The summed E-state index contributed by atoms with van der Waals surface area (Å²) in [5, 5.41) is 5.94. The molecule has 8 nitrogen and oxygen atoms in total. The van der Waals surface area contributed by atoms with E-state index >= 15 is 0 Å². The molecule has 2 N–H and O–H groups in total. The van der Waals surface area contributed by atoms with Gasteiger partial charge < -0.3 is 19.9 Å². The second-order valence-corrected chi connectivity index (χ2v) is 12.0. The van der Waals surface area contributed by atoms with Crippen molar-refractivity contribution in [3.63, 3.8) is 0 Å². The van der Waals surface area contributed by atoms with Crippen molar-refractivity contribution in [1.29, 1.82) is 0 Å². The molecule has 234 valence electrons. The lowest BCUT2D eigenvalue weighted by atomic mass is 9.77. The summed E-state index contributed by atoms with van der Waals surface area (Å²) in [5.41, 5.74) is 1.58. The number of hydrogen-bond acceptors (Lipinski definition) is 5. The number of carbonyl (C=O) groups excluding carboxylic acids is 3. The van der Waals surface area contributed by atoms with Gasteiger partial charge in [-0.25, -0.2) is 9.78 Å². The third-order valence-electron chi connectivity index (χ3n) is 7.48. The van der Waals surface area contributed by atoms with Gasteiger partial charge in [0, 0.05) is 18.9 Å². The van der Waals surface area contributed by atoms with Crippen LogP contribution in [0.2, 0.25) is 0 Å². The average molecular weight is 615 g/mol. The number of aromatic nitrogens is 2. The zero-order valence-electron chi connectivity index (χ0n) is 26.2. The first-order chi connectivity index (χ1) is 22.2. The third-order valence-corrected chi connectivity index (χ3v) is 7.48. The molecule has 0 saturated carbocycles. The molecule has 0 bridgehead atoms. The van der Waals surface area contributed by atoms with Crippen LogP contribution >= 0.6 is 0 Å². The number of ketones is 1. The van der Waals surface area contributed by atoms with Crippen molar-refractivity contribution in [2.45, 2.75) is 50.9 Å². The lowest BCUT2D eigenvalue weighted by Gasteiger charge is -2.37. The van der Waals surface area contributed by atoms with E-state index in [9.17, 15) is 14.4 Å². The number of benzene rings is 4. The quantitative estimate of drug-likeness (QED) is 0.131. The summed E-state index contributed by atoms with van der Waals surface area (Å²) >= 11 is 0. The maximum atomic E-state index is 14.2. The Labute approximate surface area is 269 Å². The van der Waals surface area contributed by atoms with Crippen LogP contribution in [0.3, 0.4) is 0 Å². The largest absolute Gasteiger partial charge is 0.444 e. The smallest absolute Gasteiger partial charge is 0.408 e. The molecule has 5 aromatic rings. The van der Waals surface area contributed by atoms with E-state index < -0.39 is 35.0 Å². The molecule has 0 aliphatic carbocycles. The first-order valence-corrected chi connectivity index (χ1v) is 15.2. The molecule has 0 saturated heterocycles. The van der Waals surface area contributed by atoms with Gasteiger partial charge in [0.25, 0.3) is 0 Å². The third kappa shape index (κ3) is 7.58. The Hall–Kier alpha value is -5.50. The highest BCUT2D eigenvalue weighted by atomic mass is 16.6. The van der Waals surface area contributed by atoms with E-state index in [-0.39, 0.29) is 12.2 Å². The van der Waals surface area contributed by atoms with Crippen molar-refractivity contribution in [2.75, 3.05) is 0 Å². The topological polar surface area (TPSA) is 102 Å². The van der Waals surface area contributed by atoms with Crippen LogP contribution in [0.5, 0.6) is 0 Å². The van der Waals surface area contributed by atoms with E-state index in [0.717, 1.165) is 22.3 Å². The molecule has 0 aliphatic rings. The summed E-state index contributed by atoms with van der Waals surface area (Å²) in [6.07, 6.45) is 2.08. The molecular formula is C38H38N4O4. The molecular weight excluding hydrogens is 576 g/mol. The van der Waals surface area contributed by atoms with Crippen LogP contribution in [0, 0.1) is 0 Å². The summed E-state index contributed by atoms with van der Waals surface area (Å²) < 4.78 is 7.20. The predicted octanol–water partition coefficient (Wildman–Crippen LogP) is 6.51. The number of alkyl carbamates (subject to hydrolysis) is 1. The number of hydrogen-bond donors (Lipinski definition) is 2. The summed E-state index contributed by atoms with van der Waals surface area (Å²) in [5.74, 6) is -0.836. The normalized spacial score (nSPS) is 12.2. The molecule has 5 rings (SSSR count). The van der Waals surface area contributed by atoms with Crippen molar-refractivity contribution in [1.82, 2.24) is 20.2 Å². The van der Waals surface area contributed by atoms with Gasteiger partial charge in [-0.05, 0) is 43.0 Å². The Morgan fingerprint density at radius 3 is 1.70 bits per heavy atom. The van der Waals surface area contributed by atoms with E-state index in [0.29, 0.717) is 6.54 Å². The van der Waals surface area contributed by atoms with Gasteiger partial charge in [-0.1, -0.05) is 121 Å². The zero-order valence-corrected chi connectivity index (χ0v) is 26.2. The second kappa shape index (κ2) is 14.1. The number of carbonyl (C=O) groups is 3. The van der Waals surface area contributed by atoms with Gasteiger partial charge in [0.15, 0.2) is 5.82 Å². The van der Waals surface area contributed by atoms with Crippen LogP contribution in [0.15, 0.2) is 134 Å². The predicted molar refractivity (Wildman–Crippen MR) is 177 cm³/mol. The van der Waals surface area contributed by atoms with Crippen molar-refractivity contribution in [2.24, 2.45) is 0 Å². The molecule has 1 aromatic heterocycles. The standard InChI is InChI=1S/C38H38N4O4/c1-37(2,3)46-36(45)40-32(34(44)35-39-24-25-42(35)27-28-16-8-4-9-17-28)26-33(43)41-38(29-18-10-5-11-19-29,30-20-12-6-13-21-30)31-22-14-7-15-23-31/h4-25,32H,26-27H2,1-3H3,(H,40,45)(H,41,43)/t32-/m1/s1. The molecule has 4 aromatic carbocycles. The summed E-state index contributed by atoms with van der Waals surface area (Å²) in [7, 11) is 0. The Bertz CT molecular complexity index is 1650. The number of nitrogens with one attached hydrogen (secondary N) is 2. The van der Waals surface area contributed by atoms with Crippen molar-refractivity contribution in [3.8, 4) is 0 Å². The Kier molecular flexibility index (Phi) is 9.76.